The Morgan fingerprint density at radius 1 is 1.35 bits per heavy atom. The number of carboxylic acid groups (broad SMARTS) is 1. The number of ether oxygens (including phenoxy) is 2. The number of carboxylic acids is 1. The van der Waals surface area contributed by atoms with Gasteiger partial charge in [0, 0.05) is 31.1 Å². The summed E-state index contributed by atoms with van der Waals surface area (Å²) >= 11 is 8.19. The number of aromatic nitrogens is 2. The van der Waals surface area contributed by atoms with Gasteiger partial charge in [0.1, 0.15) is 15.9 Å². The maximum atomic E-state index is 12.2. The number of halogens is 1. The smallest absolute Gasteiger partial charge is 0.324 e. The Morgan fingerprint density at radius 2 is 2.16 bits per heavy atom. The van der Waals surface area contributed by atoms with Gasteiger partial charge in [0.2, 0.25) is 5.95 Å². The summed E-state index contributed by atoms with van der Waals surface area (Å²) in [5.74, 6) is 0.815. The van der Waals surface area contributed by atoms with Crippen molar-refractivity contribution in [2.45, 2.75) is 30.4 Å². The van der Waals surface area contributed by atoms with Gasteiger partial charge in [-0.05, 0) is 35.6 Å². The number of thiophene rings is 1. The maximum Gasteiger partial charge on any atom is 0.324 e. The predicted octanol–water partition coefficient (Wildman–Crippen LogP) is 3.49. The topological polar surface area (TPSA) is 96.8 Å². The molecule has 0 bridgehead atoms. The highest BCUT2D eigenvalue weighted by molar-refractivity contribution is 7.16. The quantitative estimate of drug-likeness (QED) is 0.407. The van der Waals surface area contributed by atoms with Crippen LogP contribution in [0.2, 0.25) is 0 Å². The van der Waals surface area contributed by atoms with E-state index in [0.717, 1.165) is 15.8 Å². The zero-order valence-corrected chi connectivity index (χ0v) is 18.7. The van der Waals surface area contributed by atoms with Gasteiger partial charge in [-0.2, -0.15) is 0 Å². The van der Waals surface area contributed by atoms with Crippen molar-refractivity contribution in [3.05, 3.63) is 41.4 Å². The van der Waals surface area contributed by atoms with Gasteiger partial charge in [-0.1, -0.05) is 17.7 Å². The number of benzene rings is 1. The van der Waals surface area contributed by atoms with Crippen LogP contribution in [-0.4, -0.2) is 52.8 Å². The molecule has 4 rings (SSSR count). The van der Waals surface area contributed by atoms with Crippen LogP contribution < -0.4 is 19.7 Å². The Kier molecular flexibility index (Phi) is 6.17. The molecule has 0 aliphatic carbocycles. The fourth-order valence-electron chi connectivity index (χ4n) is 3.75. The summed E-state index contributed by atoms with van der Waals surface area (Å²) in [4.78, 5) is 24.0. The van der Waals surface area contributed by atoms with E-state index in [9.17, 15) is 9.90 Å². The number of piperidine rings is 1. The molecule has 1 saturated heterocycles. The van der Waals surface area contributed by atoms with Crippen LogP contribution in [0.1, 0.15) is 18.4 Å². The lowest BCUT2D eigenvalue weighted by molar-refractivity contribution is -0.146. The molecule has 2 atom stereocenters. The highest BCUT2D eigenvalue weighted by Crippen LogP contribution is 2.34. The first-order valence-electron chi connectivity index (χ1n) is 9.76. The minimum Gasteiger partial charge on any atom is -0.493 e. The number of rotatable bonds is 7. The molecule has 2 N–H and O–H groups in total. The zero-order valence-electron chi connectivity index (χ0n) is 17.2. The lowest BCUT2D eigenvalue weighted by Crippen LogP contribution is -2.60. The molecule has 1 fully saturated rings. The van der Waals surface area contributed by atoms with Crippen LogP contribution in [0.15, 0.2) is 35.8 Å². The van der Waals surface area contributed by atoms with Crippen molar-refractivity contribution in [1.82, 2.24) is 15.3 Å². The van der Waals surface area contributed by atoms with Crippen LogP contribution in [0.25, 0.3) is 10.2 Å². The molecule has 1 aliphatic rings. The van der Waals surface area contributed by atoms with E-state index in [-0.39, 0.29) is 6.42 Å². The first-order valence-corrected chi connectivity index (χ1v) is 11.1. The summed E-state index contributed by atoms with van der Waals surface area (Å²) in [6.45, 7) is 0.782. The number of nitrogens with zero attached hydrogens (tertiary/aromatic N) is 3. The highest BCUT2D eigenvalue weighted by Gasteiger charge is 2.45. The summed E-state index contributed by atoms with van der Waals surface area (Å²) in [7, 11) is 3.14. The molecule has 164 valence electrons. The van der Waals surface area contributed by atoms with E-state index in [1.165, 1.54) is 11.3 Å². The number of aliphatic carboxylic acids is 1. The number of fused-ring (bicyclic) bond motifs is 1. The first kappa shape index (κ1) is 21.6. The second-order valence-corrected chi connectivity index (χ2v) is 8.76. The monoisotopic (exact) mass is 462 g/mol. The van der Waals surface area contributed by atoms with Crippen molar-refractivity contribution in [3.63, 3.8) is 0 Å². The average Bonchev–Trinajstić information content (AvgIpc) is 3.25. The van der Waals surface area contributed by atoms with Crippen LogP contribution in [0.5, 0.6) is 11.5 Å². The molecule has 8 nitrogen and oxygen atoms in total. The largest absolute Gasteiger partial charge is 0.493 e. The molecule has 0 radical (unpaired) electrons. The van der Waals surface area contributed by atoms with Crippen molar-refractivity contribution in [3.8, 4) is 11.5 Å². The van der Waals surface area contributed by atoms with Crippen LogP contribution in [-0.2, 0) is 11.3 Å². The minimum atomic E-state index is -1.15. The number of anilines is 1. The Hall–Kier alpha value is -2.62. The fraction of sp³-hybridized carbons (Fsp3) is 0.381. The molecule has 10 heteroatoms. The molecule has 31 heavy (non-hydrogen) atoms. The number of carbonyl (C=O) groups is 1. The maximum absolute atomic E-state index is 12.2. The van der Waals surface area contributed by atoms with Crippen molar-refractivity contribution in [2.24, 2.45) is 0 Å². The standard InChI is InChI=1S/C21H23ClN4O4S/c1-29-15-4-3-13(9-16(15)30-2)11-24-21(19(27)28)6-7-26(17(22)10-21)20-23-12-14-5-8-31-18(14)25-20/h3-5,8-9,12,17,24H,6-7,10-11H2,1-2H3,(H,27,28). The summed E-state index contributed by atoms with van der Waals surface area (Å²) in [5.41, 5.74) is -0.818. The zero-order chi connectivity index (χ0) is 22.0. The fourth-order valence-corrected chi connectivity index (χ4v) is 4.94. The lowest BCUT2D eigenvalue weighted by atomic mass is 9.87. The van der Waals surface area contributed by atoms with E-state index >= 15 is 0 Å². The molecular formula is C21H23ClN4O4S. The molecule has 2 aromatic heterocycles. The normalized spacial score (nSPS) is 21.3. The third-order valence-corrected chi connectivity index (χ3v) is 6.79. The molecule has 3 heterocycles. The minimum absolute atomic E-state index is 0.211. The third-order valence-electron chi connectivity index (χ3n) is 5.57. The number of nitrogens with one attached hydrogen (secondary N) is 1. The first-order chi connectivity index (χ1) is 15.0. The Labute approximate surface area is 188 Å². The van der Waals surface area contributed by atoms with Gasteiger partial charge in [0.25, 0.3) is 0 Å². The van der Waals surface area contributed by atoms with Gasteiger partial charge in [0.05, 0.1) is 14.2 Å². The van der Waals surface area contributed by atoms with Crippen molar-refractivity contribution in [2.75, 3.05) is 25.7 Å². The number of methoxy groups -OCH3 is 2. The van der Waals surface area contributed by atoms with E-state index in [0.29, 0.717) is 37.0 Å². The SMILES string of the molecule is COc1ccc(CNC2(C(=O)O)CCN(c3ncc4ccsc4n3)C(Cl)C2)cc1OC. The predicted molar refractivity (Wildman–Crippen MR) is 120 cm³/mol. The number of hydrogen-bond acceptors (Lipinski definition) is 8. The Bertz CT molecular complexity index is 1090. The summed E-state index contributed by atoms with van der Waals surface area (Å²) in [5, 5.41) is 16.2. The van der Waals surface area contributed by atoms with E-state index in [1.807, 2.05) is 28.5 Å². The lowest BCUT2D eigenvalue weighted by Gasteiger charge is -2.42. The number of alkyl halides is 1. The average molecular weight is 463 g/mol. The van der Waals surface area contributed by atoms with E-state index in [2.05, 4.69) is 15.3 Å². The summed E-state index contributed by atoms with van der Waals surface area (Å²) in [6, 6.07) is 7.47. The van der Waals surface area contributed by atoms with E-state index in [1.54, 1.807) is 26.5 Å². The van der Waals surface area contributed by atoms with Crippen molar-refractivity contribution >= 4 is 45.1 Å². The van der Waals surface area contributed by atoms with E-state index in [4.69, 9.17) is 21.1 Å². The summed E-state index contributed by atoms with van der Waals surface area (Å²) in [6.07, 6.45) is 2.35. The molecule has 0 amide bonds. The molecule has 1 aromatic carbocycles. The second-order valence-electron chi connectivity index (χ2n) is 7.36. The molecule has 3 aromatic rings. The highest BCUT2D eigenvalue weighted by atomic mass is 35.5. The van der Waals surface area contributed by atoms with E-state index < -0.39 is 17.0 Å². The number of hydrogen-bond donors (Lipinski definition) is 2. The van der Waals surface area contributed by atoms with Gasteiger partial charge in [0.15, 0.2) is 11.5 Å². The summed E-state index contributed by atoms with van der Waals surface area (Å²) < 4.78 is 10.6. The molecule has 0 spiro atoms. The van der Waals surface area contributed by atoms with Gasteiger partial charge in [-0.25, -0.2) is 9.97 Å². The molecular weight excluding hydrogens is 440 g/mol. The van der Waals surface area contributed by atoms with Crippen LogP contribution in [0.4, 0.5) is 5.95 Å². The Balaban J connectivity index is 1.49. The van der Waals surface area contributed by atoms with Crippen LogP contribution in [0, 0.1) is 0 Å². The molecule has 2 unspecified atom stereocenters. The van der Waals surface area contributed by atoms with Crippen molar-refractivity contribution in [1.29, 1.82) is 0 Å². The van der Waals surface area contributed by atoms with Gasteiger partial charge in [-0.3, -0.25) is 10.1 Å². The Morgan fingerprint density at radius 3 is 2.87 bits per heavy atom. The van der Waals surface area contributed by atoms with Gasteiger partial charge < -0.3 is 19.5 Å². The molecule has 1 aliphatic heterocycles. The third kappa shape index (κ3) is 4.26. The second kappa shape index (κ2) is 8.86. The van der Waals surface area contributed by atoms with Crippen LogP contribution in [0.3, 0.4) is 0 Å². The van der Waals surface area contributed by atoms with Crippen LogP contribution >= 0.6 is 22.9 Å². The van der Waals surface area contributed by atoms with Gasteiger partial charge in [-0.15, -0.1) is 11.3 Å². The molecule has 0 saturated carbocycles. The van der Waals surface area contributed by atoms with Gasteiger partial charge >= 0.3 is 5.97 Å². The van der Waals surface area contributed by atoms with Crippen molar-refractivity contribution < 1.29 is 19.4 Å².